The van der Waals surface area contributed by atoms with E-state index in [4.69, 9.17) is 5.73 Å². The van der Waals surface area contributed by atoms with E-state index in [-0.39, 0.29) is 11.7 Å². The van der Waals surface area contributed by atoms with Crippen LogP contribution >= 0.6 is 0 Å². The highest BCUT2D eigenvalue weighted by Crippen LogP contribution is 2.09. The van der Waals surface area contributed by atoms with Crippen molar-refractivity contribution in [1.82, 2.24) is 0 Å². The third-order valence-corrected chi connectivity index (χ3v) is 1.72. The normalized spacial score (nSPS) is 9.86. The van der Waals surface area contributed by atoms with Gasteiger partial charge >= 0.3 is 0 Å². The fraction of sp³-hybridized carbons (Fsp3) is 0.300. The summed E-state index contributed by atoms with van der Waals surface area (Å²) in [5, 5.41) is 2.58. The number of hydrogen-bond acceptors (Lipinski definition) is 2. The van der Waals surface area contributed by atoms with Crippen molar-refractivity contribution in [2.75, 3.05) is 11.9 Å². The summed E-state index contributed by atoms with van der Waals surface area (Å²) in [4.78, 5) is 11.2. The number of nitrogens with one attached hydrogen (secondary N) is 1. The fourth-order valence-corrected chi connectivity index (χ4v) is 1.05. The largest absolute Gasteiger partial charge is 0.330 e. The highest BCUT2D eigenvalue weighted by atomic mass is 19.1. The van der Waals surface area contributed by atoms with Crippen LogP contribution in [0.5, 0.6) is 0 Å². The van der Waals surface area contributed by atoms with E-state index in [1.165, 1.54) is 12.1 Å². The number of nitrogens with two attached hydrogens (primary N) is 1. The first-order chi connectivity index (χ1) is 6.72. The minimum absolute atomic E-state index is 0.138. The molecule has 1 aromatic carbocycles. The SMILES string of the molecule is NCCCC(=O)Nc1cccc(F)c1. The van der Waals surface area contributed by atoms with Crippen LogP contribution in [-0.2, 0) is 4.79 Å². The second kappa shape index (κ2) is 5.34. The van der Waals surface area contributed by atoms with Crippen LogP contribution in [0, 0.1) is 5.82 Å². The van der Waals surface area contributed by atoms with Gasteiger partial charge in [-0.2, -0.15) is 0 Å². The highest BCUT2D eigenvalue weighted by Gasteiger charge is 2.01. The zero-order valence-corrected chi connectivity index (χ0v) is 7.79. The number of anilines is 1. The molecule has 0 fully saturated rings. The zero-order chi connectivity index (χ0) is 10.4. The van der Waals surface area contributed by atoms with Gasteiger partial charge in [-0.1, -0.05) is 6.07 Å². The molecule has 4 heteroatoms. The average molecular weight is 196 g/mol. The monoisotopic (exact) mass is 196 g/mol. The lowest BCUT2D eigenvalue weighted by Crippen LogP contribution is -2.13. The first kappa shape index (κ1) is 10.7. The molecule has 3 N–H and O–H groups in total. The predicted octanol–water partition coefficient (Wildman–Crippen LogP) is 1.50. The Morgan fingerprint density at radius 3 is 2.93 bits per heavy atom. The lowest BCUT2D eigenvalue weighted by molar-refractivity contribution is -0.116. The smallest absolute Gasteiger partial charge is 0.224 e. The van der Waals surface area contributed by atoms with Crippen molar-refractivity contribution < 1.29 is 9.18 Å². The van der Waals surface area contributed by atoms with Crippen LogP contribution in [0.25, 0.3) is 0 Å². The lowest BCUT2D eigenvalue weighted by atomic mass is 10.2. The van der Waals surface area contributed by atoms with Gasteiger partial charge in [0, 0.05) is 12.1 Å². The Morgan fingerprint density at radius 2 is 2.29 bits per heavy atom. The summed E-state index contributed by atoms with van der Waals surface area (Å²) in [6.07, 6.45) is 1.01. The lowest BCUT2D eigenvalue weighted by Gasteiger charge is -2.03. The molecule has 0 atom stereocenters. The summed E-state index contributed by atoms with van der Waals surface area (Å²) in [6, 6.07) is 5.80. The summed E-state index contributed by atoms with van der Waals surface area (Å²) in [6.45, 7) is 0.483. The molecule has 1 amide bonds. The molecule has 0 saturated heterocycles. The van der Waals surface area contributed by atoms with Gasteiger partial charge < -0.3 is 11.1 Å². The minimum Gasteiger partial charge on any atom is -0.330 e. The maximum Gasteiger partial charge on any atom is 0.224 e. The van der Waals surface area contributed by atoms with Crippen LogP contribution in [0.3, 0.4) is 0 Å². The van der Waals surface area contributed by atoms with E-state index in [2.05, 4.69) is 5.32 Å². The van der Waals surface area contributed by atoms with Crippen molar-refractivity contribution >= 4 is 11.6 Å². The molecule has 1 rings (SSSR count). The van der Waals surface area contributed by atoms with Crippen LogP contribution in [0.15, 0.2) is 24.3 Å². The summed E-state index contributed by atoms with van der Waals surface area (Å²) in [5.74, 6) is -0.498. The number of amides is 1. The molecular formula is C10H13FN2O. The van der Waals surface area contributed by atoms with Crippen molar-refractivity contribution in [1.29, 1.82) is 0 Å². The van der Waals surface area contributed by atoms with Gasteiger partial charge in [0.15, 0.2) is 0 Å². The molecule has 0 heterocycles. The Labute approximate surface area is 82.1 Å². The van der Waals surface area contributed by atoms with Crippen LogP contribution < -0.4 is 11.1 Å². The number of carbonyl (C=O) groups is 1. The number of rotatable bonds is 4. The van der Waals surface area contributed by atoms with Crippen LogP contribution in [0.4, 0.5) is 10.1 Å². The molecule has 0 radical (unpaired) electrons. The maximum absolute atomic E-state index is 12.7. The Balaban J connectivity index is 2.47. The minimum atomic E-state index is -0.360. The molecule has 14 heavy (non-hydrogen) atoms. The molecule has 0 spiro atoms. The van der Waals surface area contributed by atoms with E-state index in [0.29, 0.717) is 25.1 Å². The Hall–Kier alpha value is -1.42. The molecule has 0 aromatic heterocycles. The van der Waals surface area contributed by atoms with Gasteiger partial charge in [0.05, 0.1) is 0 Å². The maximum atomic E-state index is 12.7. The summed E-state index contributed by atoms with van der Waals surface area (Å²) in [5.41, 5.74) is 5.73. The predicted molar refractivity (Wildman–Crippen MR) is 53.3 cm³/mol. The Bertz CT molecular complexity index is 315. The Morgan fingerprint density at radius 1 is 1.50 bits per heavy atom. The summed E-state index contributed by atoms with van der Waals surface area (Å²) < 4.78 is 12.7. The second-order valence-corrected chi connectivity index (χ2v) is 2.95. The van der Waals surface area contributed by atoms with Crippen LogP contribution in [-0.4, -0.2) is 12.5 Å². The molecule has 3 nitrogen and oxygen atoms in total. The molecule has 0 bridgehead atoms. The second-order valence-electron chi connectivity index (χ2n) is 2.95. The first-order valence-corrected chi connectivity index (χ1v) is 4.48. The van der Waals surface area contributed by atoms with E-state index in [1.54, 1.807) is 12.1 Å². The van der Waals surface area contributed by atoms with Gasteiger partial charge in [0.1, 0.15) is 5.82 Å². The van der Waals surface area contributed by atoms with Gasteiger partial charge in [-0.15, -0.1) is 0 Å². The quantitative estimate of drug-likeness (QED) is 0.766. The topological polar surface area (TPSA) is 55.1 Å². The molecular weight excluding hydrogens is 183 g/mol. The van der Waals surface area contributed by atoms with Crippen molar-refractivity contribution in [3.8, 4) is 0 Å². The van der Waals surface area contributed by atoms with E-state index in [0.717, 1.165) is 0 Å². The number of benzene rings is 1. The molecule has 0 aliphatic carbocycles. The highest BCUT2D eigenvalue weighted by molar-refractivity contribution is 5.90. The third-order valence-electron chi connectivity index (χ3n) is 1.72. The van der Waals surface area contributed by atoms with Gasteiger partial charge in [0.25, 0.3) is 0 Å². The summed E-state index contributed by atoms with van der Waals surface area (Å²) in [7, 11) is 0. The number of halogens is 1. The standard InChI is InChI=1S/C10H13FN2O/c11-8-3-1-4-9(7-8)13-10(14)5-2-6-12/h1,3-4,7H,2,5-6,12H2,(H,13,14). The molecule has 0 aliphatic rings. The van der Waals surface area contributed by atoms with Crippen LogP contribution in [0.2, 0.25) is 0 Å². The molecule has 1 aromatic rings. The van der Waals surface area contributed by atoms with E-state index in [1.807, 2.05) is 0 Å². The van der Waals surface area contributed by atoms with Gasteiger partial charge in [-0.3, -0.25) is 4.79 Å². The summed E-state index contributed by atoms with van der Waals surface area (Å²) >= 11 is 0. The van der Waals surface area contributed by atoms with Crippen LogP contribution in [0.1, 0.15) is 12.8 Å². The van der Waals surface area contributed by atoms with E-state index < -0.39 is 0 Å². The number of hydrogen-bond donors (Lipinski definition) is 2. The third kappa shape index (κ3) is 3.53. The van der Waals surface area contributed by atoms with Gasteiger partial charge in [-0.25, -0.2) is 4.39 Å². The van der Waals surface area contributed by atoms with E-state index >= 15 is 0 Å². The first-order valence-electron chi connectivity index (χ1n) is 4.48. The van der Waals surface area contributed by atoms with Crippen molar-refractivity contribution in [3.05, 3.63) is 30.1 Å². The van der Waals surface area contributed by atoms with E-state index in [9.17, 15) is 9.18 Å². The van der Waals surface area contributed by atoms with Crippen molar-refractivity contribution in [2.24, 2.45) is 5.73 Å². The molecule has 0 aliphatic heterocycles. The molecule has 0 unspecified atom stereocenters. The average Bonchev–Trinajstić information content (AvgIpc) is 2.15. The van der Waals surface area contributed by atoms with Gasteiger partial charge in [0.2, 0.25) is 5.91 Å². The Kier molecular flexibility index (Phi) is 4.07. The van der Waals surface area contributed by atoms with Crippen molar-refractivity contribution in [3.63, 3.8) is 0 Å². The molecule has 76 valence electrons. The fourth-order valence-electron chi connectivity index (χ4n) is 1.05. The van der Waals surface area contributed by atoms with Gasteiger partial charge in [-0.05, 0) is 31.2 Å². The number of carbonyl (C=O) groups excluding carboxylic acids is 1. The van der Waals surface area contributed by atoms with Crippen molar-refractivity contribution in [2.45, 2.75) is 12.8 Å². The molecule has 0 saturated carbocycles. The zero-order valence-electron chi connectivity index (χ0n) is 7.79.